The molecule has 0 radical (unpaired) electrons. The zero-order valence-corrected chi connectivity index (χ0v) is 41.2. The molecule has 0 aliphatic heterocycles. The molecule has 354 valence electrons. The van der Waals surface area contributed by atoms with Crippen LogP contribution in [0.15, 0.2) is 273 Å². The Morgan fingerprint density at radius 2 is 0.632 bits per heavy atom. The van der Waals surface area contributed by atoms with Gasteiger partial charge in [0.25, 0.3) is 0 Å². The van der Waals surface area contributed by atoms with E-state index in [-0.39, 0.29) is 0 Å². The Kier molecular flexibility index (Phi) is 10.1. The lowest BCUT2D eigenvalue weighted by molar-refractivity contribution is 1.07. The lowest BCUT2D eigenvalue weighted by Crippen LogP contribution is -2.00. The second kappa shape index (κ2) is 17.8. The molecule has 5 nitrogen and oxygen atoms in total. The van der Waals surface area contributed by atoms with Gasteiger partial charge in [-0.05, 0) is 122 Å². The van der Waals surface area contributed by atoms with Crippen molar-refractivity contribution < 1.29 is 0 Å². The summed E-state index contributed by atoms with van der Waals surface area (Å²) in [5, 5.41) is 9.42. The lowest BCUT2D eigenvalue weighted by Gasteiger charge is -2.17. The summed E-state index contributed by atoms with van der Waals surface area (Å²) in [6.45, 7) is 0. The maximum atomic E-state index is 5.27. The van der Waals surface area contributed by atoms with E-state index < -0.39 is 0 Å². The van der Waals surface area contributed by atoms with Crippen molar-refractivity contribution in [2.45, 2.75) is 0 Å². The summed E-state index contributed by atoms with van der Waals surface area (Å²) in [6.07, 6.45) is 0. The monoisotopic (exact) mass is 967 g/mol. The quantitative estimate of drug-likeness (QED) is 0.152. The molecule has 0 unspecified atom stereocenters. The first-order chi connectivity index (χ1) is 37.6. The SMILES string of the molecule is c1ccc(-c2cccc(-c3ccc(-n4c5ccccc5c5ccccc54)c(-c4ccc5ccc(-c6nc(-c7ccccc7)nc(-c7ccc8cc(-n9c%10ccccc%10c%10ccccc%109)ccc8c7)n6)cc5c4)c3)c2)cc1. The Hall–Kier alpha value is -10.2. The molecule has 5 heteroatoms. The van der Waals surface area contributed by atoms with Crippen molar-refractivity contribution in [1.29, 1.82) is 0 Å². The van der Waals surface area contributed by atoms with Gasteiger partial charge in [0.2, 0.25) is 0 Å². The van der Waals surface area contributed by atoms with E-state index >= 15 is 0 Å². The molecule has 0 N–H and O–H groups in total. The molecule has 0 aliphatic carbocycles. The van der Waals surface area contributed by atoms with Gasteiger partial charge < -0.3 is 9.13 Å². The van der Waals surface area contributed by atoms with Gasteiger partial charge in [0, 0.05) is 49.5 Å². The van der Waals surface area contributed by atoms with Crippen LogP contribution < -0.4 is 0 Å². The first kappa shape index (κ1) is 43.4. The zero-order chi connectivity index (χ0) is 50.1. The maximum absolute atomic E-state index is 5.27. The molecular weight excluding hydrogens is 923 g/mol. The summed E-state index contributed by atoms with van der Waals surface area (Å²) < 4.78 is 4.79. The second-order valence-corrected chi connectivity index (χ2v) is 19.6. The molecule has 12 aromatic carbocycles. The van der Waals surface area contributed by atoms with Crippen molar-refractivity contribution in [3.05, 3.63) is 273 Å². The minimum Gasteiger partial charge on any atom is -0.309 e. The Labute approximate surface area is 438 Å². The van der Waals surface area contributed by atoms with E-state index in [9.17, 15) is 0 Å². The number of para-hydroxylation sites is 4. The van der Waals surface area contributed by atoms with E-state index in [0.29, 0.717) is 17.5 Å². The van der Waals surface area contributed by atoms with E-state index in [1.807, 2.05) is 18.2 Å². The number of hydrogen-bond acceptors (Lipinski definition) is 3. The topological polar surface area (TPSA) is 48.5 Å². The zero-order valence-electron chi connectivity index (χ0n) is 41.2. The summed E-state index contributed by atoms with van der Waals surface area (Å²) in [4.78, 5) is 15.6. The number of rotatable bonds is 8. The van der Waals surface area contributed by atoms with Crippen LogP contribution >= 0.6 is 0 Å². The molecule has 3 heterocycles. The molecule has 3 aromatic heterocycles. The Balaban J connectivity index is 0.858. The molecule has 15 aromatic rings. The van der Waals surface area contributed by atoms with Crippen molar-refractivity contribution in [2.75, 3.05) is 0 Å². The van der Waals surface area contributed by atoms with E-state index in [2.05, 4.69) is 264 Å². The summed E-state index contributed by atoms with van der Waals surface area (Å²) >= 11 is 0. The fourth-order valence-electron chi connectivity index (χ4n) is 11.4. The minimum atomic E-state index is 0.615. The van der Waals surface area contributed by atoms with Gasteiger partial charge in [-0.3, -0.25) is 0 Å². The molecule has 0 aliphatic rings. The summed E-state index contributed by atoms with van der Waals surface area (Å²) in [5.74, 6) is 1.86. The normalized spacial score (nSPS) is 11.7. The Bertz CT molecular complexity index is 4650. The Morgan fingerprint density at radius 3 is 1.24 bits per heavy atom. The van der Waals surface area contributed by atoms with E-state index in [4.69, 9.17) is 15.0 Å². The molecule has 15 rings (SSSR count). The van der Waals surface area contributed by atoms with Crippen LogP contribution in [0, 0.1) is 0 Å². The summed E-state index contributed by atoms with van der Waals surface area (Å²) in [6, 6.07) is 98.0. The molecule has 0 saturated heterocycles. The molecule has 76 heavy (non-hydrogen) atoms. The van der Waals surface area contributed by atoms with Crippen LogP contribution in [-0.4, -0.2) is 24.1 Å². The predicted molar refractivity (Wildman–Crippen MR) is 316 cm³/mol. The van der Waals surface area contributed by atoms with Crippen LogP contribution in [0.2, 0.25) is 0 Å². The third kappa shape index (κ3) is 7.36. The van der Waals surface area contributed by atoms with E-state index in [1.54, 1.807) is 0 Å². The van der Waals surface area contributed by atoms with Crippen LogP contribution in [0.5, 0.6) is 0 Å². The number of benzene rings is 12. The first-order valence-electron chi connectivity index (χ1n) is 25.8. The molecule has 0 saturated carbocycles. The molecule has 0 fully saturated rings. The number of aromatic nitrogens is 5. The second-order valence-electron chi connectivity index (χ2n) is 19.6. The largest absolute Gasteiger partial charge is 0.309 e. The molecule has 0 atom stereocenters. The third-order valence-electron chi connectivity index (χ3n) is 15.1. The van der Waals surface area contributed by atoms with Gasteiger partial charge >= 0.3 is 0 Å². The Morgan fingerprint density at radius 1 is 0.224 bits per heavy atom. The van der Waals surface area contributed by atoms with Gasteiger partial charge in [0.05, 0.1) is 27.8 Å². The molecule has 0 amide bonds. The first-order valence-corrected chi connectivity index (χ1v) is 25.8. The highest BCUT2D eigenvalue weighted by Crippen LogP contribution is 2.41. The lowest BCUT2D eigenvalue weighted by atomic mass is 9.93. The standard InChI is InChI=1S/C71H45N5/c1-3-16-46(17-4-1)49-20-15-21-50(40-49)53-37-39-68(76-66-28-13-9-24-61(66)62-25-10-14-29-67(62)76)63(45-53)54-33-30-47-31-34-56(43-57(47)42-54)71-73-69(48-18-5-2-6-19-48)72-70(74-71)55-35-32-52-44-58(38-36-51(52)41-55)75-64-26-11-7-22-59(64)60-23-8-12-27-65(60)75/h1-45H. The van der Waals surface area contributed by atoms with Crippen LogP contribution in [0.1, 0.15) is 0 Å². The van der Waals surface area contributed by atoms with Crippen LogP contribution in [0.25, 0.3) is 144 Å². The van der Waals surface area contributed by atoms with Crippen molar-refractivity contribution in [3.8, 4) is 78.9 Å². The maximum Gasteiger partial charge on any atom is 0.164 e. The van der Waals surface area contributed by atoms with Gasteiger partial charge in [-0.2, -0.15) is 0 Å². The summed E-state index contributed by atoms with van der Waals surface area (Å²) in [7, 11) is 0. The average Bonchev–Trinajstić information content (AvgIpc) is 4.08. The van der Waals surface area contributed by atoms with Gasteiger partial charge in [0.15, 0.2) is 17.5 Å². The van der Waals surface area contributed by atoms with E-state index in [0.717, 1.165) is 71.9 Å². The van der Waals surface area contributed by atoms with Crippen LogP contribution in [0.4, 0.5) is 0 Å². The minimum absolute atomic E-state index is 0.615. The van der Waals surface area contributed by atoms with Crippen LogP contribution in [0.3, 0.4) is 0 Å². The summed E-state index contributed by atoms with van der Waals surface area (Å²) in [5.41, 5.74) is 16.7. The molecule has 0 bridgehead atoms. The fourth-order valence-corrected chi connectivity index (χ4v) is 11.4. The highest BCUT2D eigenvalue weighted by atomic mass is 15.0. The fraction of sp³-hybridized carbons (Fsp3) is 0. The van der Waals surface area contributed by atoms with Crippen molar-refractivity contribution in [2.24, 2.45) is 0 Å². The van der Waals surface area contributed by atoms with Crippen molar-refractivity contribution >= 4 is 65.2 Å². The molecule has 0 spiro atoms. The van der Waals surface area contributed by atoms with Crippen LogP contribution in [-0.2, 0) is 0 Å². The molecular formula is C71H45N5. The average molecular weight is 968 g/mol. The highest BCUT2D eigenvalue weighted by molar-refractivity contribution is 6.11. The highest BCUT2D eigenvalue weighted by Gasteiger charge is 2.19. The van der Waals surface area contributed by atoms with Gasteiger partial charge in [0.1, 0.15) is 0 Å². The van der Waals surface area contributed by atoms with Crippen molar-refractivity contribution in [1.82, 2.24) is 24.1 Å². The number of hydrogen-bond donors (Lipinski definition) is 0. The van der Waals surface area contributed by atoms with Gasteiger partial charge in [-0.1, -0.05) is 200 Å². The third-order valence-corrected chi connectivity index (χ3v) is 15.1. The predicted octanol–water partition coefficient (Wildman–Crippen LogP) is 18.4. The van der Waals surface area contributed by atoms with Gasteiger partial charge in [-0.25, -0.2) is 15.0 Å². The van der Waals surface area contributed by atoms with Crippen molar-refractivity contribution in [3.63, 3.8) is 0 Å². The number of nitrogens with zero attached hydrogens (tertiary/aromatic N) is 5. The number of fused-ring (bicyclic) bond motifs is 8. The van der Waals surface area contributed by atoms with E-state index in [1.165, 1.54) is 54.7 Å². The smallest absolute Gasteiger partial charge is 0.164 e. The van der Waals surface area contributed by atoms with Gasteiger partial charge in [-0.15, -0.1) is 0 Å².